The van der Waals surface area contributed by atoms with E-state index >= 15 is 0 Å². The predicted octanol–water partition coefficient (Wildman–Crippen LogP) is 1.00. The molecule has 0 aliphatic heterocycles. The summed E-state index contributed by atoms with van der Waals surface area (Å²) in [4.78, 5) is 10.2. The number of benzene rings is 1. The third-order valence-corrected chi connectivity index (χ3v) is 1.02. The molecule has 0 heterocycles. The molecule has 10 heavy (non-hydrogen) atoms. The molecular weight excluding hydrogens is 249 g/mol. The zero-order valence-electron chi connectivity index (χ0n) is 5.74. The maximum Gasteiger partial charge on any atom is 0.335 e. The number of carboxylic acid groups (broad SMARTS) is 1. The number of hydrogen-bond acceptors (Lipinski definition) is 1. The van der Waals surface area contributed by atoms with Crippen LogP contribution in [0.2, 0.25) is 0 Å². The van der Waals surface area contributed by atoms with Gasteiger partial charge < -0.3 is 5.11 Å². The predicted molar refractivity (Wildman–Crippen MR) is 39.2 cm³/mol. The average Bonchev–Trinajstić information content (AvgIpc) is 1.90. The largest absolute Gasteiger partial charge is 0.478 e. The van der Waals surface area contributed by atoms with Gasteiger partial charge in [0.05, 0.1) is 5.56 Å². The van der Waals surface area contributed by atoms with Crippen molar-refractivity contribution in [2.24, 2.45) is 0 Å². The monoisotopic (exact) mass is 255 g/mol. The van der Waals surface area contributed by atoms with Crippen LogP contribution in [-0.2, 0) is 0 Å². The first-order chi connectivity index (χ1) is 4.30. The smallest absolute Gasteiger partial charge is 0.335 e. The van der Waals surface area contributed by atoms with Crippen molar-refractivity contribution in [3.8, 4) is 0 Å². The van der Waals surface area contributed by atoms with Gasteiger partial charge in [-0.1, -0.05) is 18.2 Å². The van der Waals surface area contributed by atoms with Crippen LogP contribution >= 0.6 is 0 Å². The van der Waals surface area contributed by atoms with E-state index < -0.39 is 5.97 Å². The Bertz CT molecular complexity index is 208. The molecule has 0 spiro atoms. The van der Waals surface area contributed by atoms with Crippen molar-refractivity contribution in [3.63, 3.8) is 0 Å². The minimum atomic E-state index is -0.879. The fraction of sp³-hybridized carbons (Fsp3) is 0. The second-order valence-electron chi connectivity index (χ2n) is 1.67. The van der Waals surface area contributed by atoms with E-state index in [1.54, 1.807) is 30.3 Å². The summed E-state index contributed by atoms with van der Waals surface area (Å²) in [5, 5.41) is 8.38. The van der Waals surface area contributed by atoms with Gasteiger partial charge in [-0.3, -0.25) is 0 Å². The molecule has 2 nitrogen and oxygen atoms in total. The van der Waals surface area contributed by atoms with E-state index in [0.29, 0.717) is 5.56 Å². The number of aromatic carboxylic acids is 1. The normalized spacial score (nSPS) is 8.00. The quantitative estimate of drug-likeness (QED) is 0.812. The molecular formula is C7H6CsO2. The van der Waals surface area contributed by atoms with E-state index in [0.717, 1.165) is 0 Å². The van der Waals surface area contributed by atoms with Gasteiger partial charge in [0.2, 0.25) is 0 Å². The molecule has 1 rings (SSSR count). The molecule has 1 aromatic rings. The van der Waals surface area contributed by atoms with Crippen LogP contribution < -0.4 is 0 Å². The van der Waals surface area contributed by atoms with Crippen LogP contribution in [0.15, 0.2) is 30.3 Å². The molecule has 1 radical (unpaired) electrons. The molecule has 0 aromatic heterocycles. The molecule has 3 heteroatoms. The Morgan fingerprint density at radius 3 is 2.00 bits per heavy atom. The molecule has 0 fully saturated rings. The van der Waals surface area contributed by atoms with E-state index in [4.69, 9.17) is 5.11 Å². The Hall–Kier alpha value is 0.742. The first-order valence-electron chi connectivity index (χ1n) is 2.59. The molecule has 0 unspecified atom stereocenters. The SMILES string of the molecule is O=C(O)c1ccccc1.[Cs]. The van der Waals surface area contributed by atoms with Crippen LogP contribution in [0.1, 0.15) is 10.4 Å². The van der Waals surface area contributed by atoms with E-state index in [1.807, 2.05) is 0 Å². The minimum Gasteiger partial charge on any atom is -0.478 e. The van der Waals surface area contributed by atoms with Gasteiger partial charge in [-0.05, 0) is 12.1 Å². The Balaban J connectivity index is 0.000000810. The fourth-order valence-electron chi connectivity index (χ4n) is 0.581. The van der Waals surface area contributed by atoms with Crippen molar-refractivity contribution >= 4 is 74.9 Å². The average molecular weight is 255 g/mol. The summed E-state index contributed by atoms with van der Waals surface area (Å²) >= 11 is 0. The number of hydrogen-bond donors (Lipinski definition) is 1. The second-order valence-corrected chi connectivity index (χ2v) is 1.67. The van der Waals surface area contributed by atoms with Gasteiger partial charge in [-0.2, -0.15) is 0 Å². The minimum absolute atomic E-state index is 0. The van der Waals surface area contributed by atoms with Crippen LogP contribution in [-0.4, -0.2) is 80.0 Å². The standard InChI is InChI=1S/C7H6O2.Cs/c8-7(9)6-4-2-1-3-5-6;/h1-5H,(H,8,9);. The van der Waals surface area contributed by atoms with Gasteiger partial charge >= 0.3 is 5.97 Å². The van der Waals surface area contributed by atoms with Gasteiger partial charge in [0, 0.05) is 68.9 Å². The van der Waals surface area contributed by atoms with Gasteiger partial charge in [0.15, 0.2) is 0 Å². The molecule has 0 amide bonds. The topological polar surface area (TPSA) is 37.3 Å². The van der Waals surface area contributed by atoms with Gasteiger partial charge in [-0.15, -0.1) is 0 Å². The Morgan fingerprint density at radius 1 is 1.20 bits per heavy atom. The molecule has 0 aliphatic carbocycles. The van der Waals surface area contributed by atoms with Gasteiger partial charge in [0.25, 0.3) is 0 Å². The first-order valence-corrected chi connectivity index (χ1v) is 2.59. The molecule has 0 saturated carbocycles. The molecule has 0 atom stereocenters. The van der Waals surface area contributed by atoms with E-state index in [2.05, 4.69) is 0 Å². The fourth-order valence-corrected chi connectivity index (χ4v) is 0.581. The van der Waals surface area contributed by atoms with Crippen LogP contribution in [0.3, 0.4) is 0 Å². The van der Waals surface area contributed by atoms with Crippen LogP contribution in [0.25, 0.3) is 0 Å². The van der Waals surface area contributed by atoms with Gasteiger partial charge in [0.1, 0.15) is 0 Å². The summed E-state index contributed by atoms with van der Waals surface area (Å²) in [6.07, 6.45) is 0. The third-order valence-electron chi connectivity index (χ3n) is 1.02. The van der Waals surface area contributed by atoms with Crippen LogP contribution in [0.5, 0.6) is 0 Å². The summed E-state index contributed by atoms with van der Waals surface area (Å²) < 4.78 is 0. The van der Waals surface area contributed by atoms with Crippen molar-refractivity contribution in [3.05, 3.63) is 35.9 Å². The van der Waals surface area contributed by atoms with Crippen molar-refractivity contribution in [1.82, 2.24) is 0 Å². The molecule has 1 aromatic carbocycles. The summed E-state index contributed by atoms with van der Waals surface area (Å²) in [6, 6.07) is 8.30. The second kappa shape index (κ2) is 5.40. The van der Waals surface area contributed by atoms with Crippen LogP contribution in [0.4, 0.5) is 0 Å². The van der Waals surface area contributed by atoms with Crippen LogP contribution in [0, 0.1) is 0 Å². The molecule has 0 bridgehead atoms. The van der Waals surface area contributed by atoms with Gasteiger partial charge in [-0.25, -0.2) is 4.79 Å². The maximum absolute atomic E-state index is 10.2. The zero-order valence-corrected chi connectivity index (χ0v) is 12.0. The first kappa shape index (κ1) is 10.7. The van der Waals surface area contributed by atoms with E-state index in [1.165, 1.54) is 0 Å². The molecule has 0 aliphatic rings. The summed E-state index contributed by atoms with van der Waals surface area (Å²) in [5.41, 5.74) is 0.331. The summed E-state index contributed by atoms with van der Waals surface area (Å²) in [6.45, 7) is 0. The molecule has 0 saturated heterocycles. The van der Waals surface area contributed by atoms with Crippen molar-refractivity contribution in [1.29, 1.82) is 0 Å². The maximum atomic E-state index is 10.2. The van der Waals surface area contributed by atoms with Crippen molar-refractivity contribution in [2.45, 2.75) is 0 Å². The summed E-state index contributed by atoms with van der Waals surface area (Å²) in [7, 11) is 0. The van der Waals surface area contributed by atoms with E-state index in [-0.39, 0.29) is 68.9 Å². The Kier molecular flexibility index (Phi) is 5.80. The van der Waals surface area contributed by atoms with E-state index in [9.17, 15) is 4.79 Å². The Morgan fingerprint density at radius 2 is 1.70 bits per heavy atom. The summed E-state index contributed by atoms with van der Waals surface area (Å²) in [5.74, 6) is -0.879. The third kappa shape index (κ3) is 3.23. The molecule has 1 N–H and O–H groups in total. The number of carboxylic acids is 1. The number of carbonyl (C=O) groups is 1. The number of rotatable bonds is 1. The zero-order chi connectivity index (χ0) is 6.69. The molecule has 47 valence electrons. The van der Waals surface area contributed by atoms with Crippen molar-refractivity contribution < 1.29 is 9.90 Å². The van der Waals surface area contributed by atoms with Crippen molar-refractivity contribution in [2.75, 3.05) is 0 Å². The Labute approximate surface area is 118 Å².